The molecule has 2 aromatic carbocycles. The van der Waals surface area contributed by atoms with Crippen molar-refractivity contribution in [3.8, 4) is 0 Å². The van der Waals surface area contributed by atoms with Gasteiger partial charge in [0.15, 0.2) is 4.34 Å². The third-order valence-electron chi connectivity index (χ3n) is 3.41. The Morgan fingerprint density at radius 3 is 2.95 bits per heavy atom. The predicted molar refractivity (Wildman–Crippen MR) is 92.7 cm³/mol. The second-order valence-electron chi connectivity index (χ2n) is 4.80. The van der Waals surface area contributed by atoms with Crippen LogP contribution in [0.1, 0.15) is 5.56 Å². The first-order valence-corrected chi connectivity index (χ1v) is 8.73. The van der Waals surface area contributed by atoms with E-state index in [1.165, 1.54) is 0 Å². The Morgan fingerprint density at radius 2 is 2.09 bits per heavy atom. The van der Waals surface area contributed by atoms with Gasteiger partial charge in [-0.05, 0) is 30.5 Å². The second kappa shape index (κ2) is 5.23. The average Bonchev–Trinajstić information content (AvgIpc) is 3.08. The van der Waals surface area contributed by atoms with E-state index in [2.05, 4.69) is 15.3 Å². The van der Waals surface area contributed by atoms with E-state index >= 15 is 0 Å². The number of carbonyl (C=O) groups excluding carboxylic acids is 1. The van der Waals surface area contributed by atoms with Gasteiger partial charge in [-0.1, -0.05) is 30.0 Å². The van der Waals surface area contributed by atoms with Gasteiger partial charge in [0, 0.05) is 5.56 Å². The first kappa shape index (κ1) is 13.5. The molecule has 6 heteroatoms. The summed E-state index contributed by atoms with van der Waals surface area (Å²) >= 11 is 3.27. The molecule has 2 heterocycles. The number of hydrogen-bond donors (Lipinski definition) is 1. The highest BCUT2D eigenvalue weighted by Gasteiger charge is 2.25. The van der Waals surface area contributed by atoms with Crippen LogP contribution in [0.4, 0.5) is 11.4 Å². The summed E-state index contributed by atoms with van der Waals surface area (Å²) < 4.78 is 2.11. The van der Waals surface area contributed by atoms with Crippen molar-refractivity contribution in [1.29, 1.82) is 0 Å². The van der Waals surface area contributed by atoms with Gasteiger partial charge >= 0.3 is 0 Å². The fraction of sp³-hybridized carbons (Fsp3) is 0.0625. The molecule has 0 bridgehead atoms. The topological polar surface area (TPSA) is 54.4 Å². The summed E-state index contributed by atoms with van der Waals surface area (Å²) in [6.45, 7) is 0. The van der Waals surface area contributed by atoms with Crippen molar-refractivity contribution in [1.82, 2.24) is 4.98 Å². The van der Waals surface area contributed by atoms with E-state index in [4.69, 9.17) is 0 Å². The third-order valence-corrected chi connectivity index (χ3v) is 5.42. The molecule has 1 aromatic heterocycles. The molecule has 0 radical (unpaired) electrons. The van der Waals surface area contributed by atoms with Crippen molar-refractivity contribution >= 4 is 56.3 Å². The summed E-state index contributed by atoms with van der Waals surface area (Å²) in [5.74, 6) is -0.157. The Balaban J connectivity index is 1.80. The molecule has 3 aromatic rings. The van der Waals surface area contributed by atoms with Crippen molar-refractivity contribution in [2.75, 3.05) is 11.6 Å². The zero-order chi connectivity index (χ0) is 15.1. The standard InChI is InChI=1S/C16H11N3OS2/c1-21-16-19-12-7-6-9(8-13(12)22-16)17-14-10-4-2-3-5-11(10)18-15(14)20/h2-8H,1H3,(H,17,18,20). The molecule has 0 saturated heterocycles. The Kier molecular flexibility index (Phi) is 3.20. The molecule has 0 fully saturated rings. The lowest BCUT2D eigenvalue weighted by molar-refractivity contribution is -0.110. The summed E-state index contributed by atoms with van der Waals surface area (Å²) in [5, 5.41) is 2.84. The molecule has 0 spiro atoms. The summed E-state index contributed by atoms with van der Waals surface area (Å²) in [4.78, 5) is 21.1. The second-order valence-corrected chi connectivity index (χ2v) is 6.88. The van der Waals surface area contributed by atoms with Gasteiger partial charge in [0.1, 0.15) is 5.71 Å². The number of nitrogens with one attached hydrogen (secondary N) is 1. The quantitative estimate of drug-likeness (QED) is 0.722. The molecule has 1 aliphatic rings. The average molecular weight is 325 g/mol. The number of aliphatic imine (C=N–C) groups is 1. The SMILES string of the molecule is CSc1nc2ccc(N=C3C(=O)Nc4ccccc43)cc2s1. The van der Waals surface area contributed by atoms with E-state index in [-0.39, 0.29) is 5.91 Å². The van der Waals surface area contributed by atoms with Crippen molar-refractivity contribution < 1.29 is 4.79 Å². The fourth-order valence-corrected chi connectivity index (χ4v) is 3.91. The van der Waals surface area contributed by atoms with Crippen LogP contribution < -0.4 is 5.32 Å². The van der Waals surface area contributed by atoms with Crippen LogP contribution in [-0.4, -0.2) is 22.9 Å². The van der Waals surface area contributed by atoms with Crippen LogP contribution >= 0.6 is 23.1 Å². The van der Waals surface area contributed by atoms with E-state index in [1.807, 2.05) is 48.7 Å². The van der Waals surface area contributed by atoms with Crippen LogP contribution in [0, 0.1) is 0 Å². The Labute approximate surface area is 135 Å². The number of anilines is 1. The van der Waals surface area contributed by atoms with E-state index in [1.54, 1.807) is 23.1 Å². The van der Waals surface area contributed by atoms with E-state index < -0.39 is 0 Å². The van der Waals surface area contributed by atoms with Crippen LogP contribution in [0.25, 0.3) is 10.2 Å². The number of aromatic nitrogens is 1. The number of hydrogen-bond acceptors (Lipinski definition) is 5. The van der Waals surface area contributed by atoms with Crippen molar-refractivity contribution in [3.05, 3.63) is 48.0 Å². The highest BCUT2D eigenvalue weighted by Crippen LogP contribution is 2.32. The monoisotopic (exact) mass is 325 g/mol. The Morgan fingerprint density at radius 1 is 1.23 bits per heavy atom. The first-order valence-electron chi connectivity index (χ1n) is 6.68. The summed E-state index contributed by atoms with van der Waals surface area (Å²) in [6, 6.07) is 13.4. The lowest BCUT2D eigenvalue weighted by atomic mass is 10.1. The van der Waals surface area contributed by atoms with Crippen molar-refractivity contribution in [3.63, 3.8) is 0 Å². The number of rotatable bonds is 2. The number of thioether (sulfide) groups is 1. The lowest BCUT2D eigenvalue weighted by Crippen LogP contribution is -2.13. The molecular weight excluding hydrogens is 314 g/mol. The van der Waals surface area contributed by atoms with Crippen LogP contribution in [0.15, 0.2) is 51.8 Å². The maximum absolute atomic E-state index is 12.1. The molecule has 1 aliphatic heterocycles. The van der Waals surface area contributed by atoms with Crippen LogP contribution in [0.5, 0.6) is 0 Å². The van der Waals surface area contributed by atoms with Gasteiger partial charge in [-0.15, -0.1) is 11.3 Å². The maximum Gasteiger partial charge on any atom is 0.275 e. The molecular formula is C16H11N3OS2. The fourth-order valence-electron chi connectivity index (χ4n) is 2.39. The number of nitrogens with zero attached hydrogens (tertiary/aromatic N) is 2. The summed E-state index contributed by atoms with van der Waals surface area (Å²) in [7, 11) is 0. The minimum absolute atomic E-state index is 0.157. The lowest BCUT2D eigenvalue weighted by Gasteiger charge is -1.98. The molecule has 0 saturated carbocycles. The van der Waals surface area contributed by atoms with Gasteiger partial charge < -0.3 is 5.32 Å². The molecule has 22 heavy (non-hydrogen) atoms. The highest BCUT2D eigenvalue weighted by atomic mass is 32.2. The number of para-hydroxylation sites is 1. The predicted octanol–water partition coefficient (Wildman–Crippen LogP) is 4.09. The number of amides is 1. The Hall–Kier alpha value is -2.18. The highest BCUT2D eigenvalue weighted by molar-refractivity contribution is 8.00. The van der Waals surface area contributed by atoms with E-state index in [9.17, 15) is 4.79 Å². The van der Waals surface area contributed by atoms with Crippen LogP contribution in [0.2, 0.25) is 0 Å². The van der Waals surface area contributed by atoms with Gasteiger partial charge in [-0.3, -0.25) is 4.79 Å². The zero-order valence-electron chi connectivity index (χ0n) is 11.7. The maximum atomic E-state index is 12.1. The van der Waals surface area contributed by atoms with Crippen molar-refractivity contribution in [2.24, 2.45) is 4.99 Å². The largest absolute Gasteiger partial charge is 0.320 e. The van der Waals surface area contributed by atoms with Gasteiger partial charge in [-0.25, -0.2) is 9.98 Å². The molecule has 1 N–H and O–H groups in total. The van der Waals surface area contributed by atoms with Crippen LogP contribution in [-0.2, 0) is 4.79 Å². The third kappa shape index (κ3) is 2.20. The molecule has 4 rings (SSSR count). The minimum atomic E-state index is -0.157. The van der Waals surface area contributed by atoms with Crippen LogP contribution in [0.3, 0.4) is 0 Å². The van der Waals surface area contributed by atoms with Gasteiger partial charge in [0.05, 0.1) is 21.6 Å². The normalized spacial score (nSPS) is 15.3. The first-order chi connectivity index (χ1) is 10.7. The number of fused-ring (bicyclic) bond motifs is 2. The molecule has 0 aliphatic carbocycles. The molecule has 1 amide bonds. The smallest absolute Gasteiger partial charge is 0.275 e. The minimum Gasteiger partial charge on any atom is -0.320 e. The Bertz CT molecular complexity index is 930. The van der Waals surface area contributed by atoms with E-state index in [0.717, 1.165) is 31.5 Å². The van der Waals surface area contributed by atoms with Gasteiger partial charge in [0.2, 0.25) is 0 Å². The number of thiazole rings is 1. The zero-order valence-corrected chi connectivity index (χ0v) is 13.3. The van der Waals surface area contributed by atoms with Gasteiger partial charge in [-0.2, -0.15) is 0 Å². The number of carbonyl (C=O) groups is 1. The summed E-state index contributed by atoms with van der Waals surface area (Å²) in [5.41, 5.74) is 3.86. The van der Waals surface area contributed by atoms with Gasteiger partial charge in [0.25, 0.3) is 5.91 Å². The van der Waals surface area contributed by atoms with Crippen molar-refractivity contribution in [2.45, 2.75) is 4.34 Å². The number of benzene rings is 2. The van der Waals surface area contributed by atoms with E-state index in [0.29, 0.717) is 5.71 Å². The molecule has 4 nitrogen and oxygen atoms in total. The summed E-state index contributed by atoms with van der Waals surface area (Å²) in [6.07, 6.45) is 2.01. The molecule has 0 atom stereocenters. The molecule has 0 unspecified atom stereocenters. The molecule has 108 valence electrons.